The first-order valence-electron chi connectivity index (χ1n) is 7.43. The molecule has 0 amide bonds. The molecule has 128 valence electrons. The molecule has 5 nitrogen and oxygen atoms in total. The van der Waals surface area contributed by atoms with E-state index in [0.717, 1.165) is 5.56 Å². The summed E-state index contributed by atoms with van der Waals surface area (Å²) in [6.45, 7) is 0. The van der Waals surface area contributed by atoms with Gasteiger partial charge in [0.2, 0.25) is 26.6 Å². The van der Waals surface area contributed by atoms with Crippen LogP contribution in [0.2, 0.25) is 5.02 Å². The fraction of sp³-hybridized carbons (Fsp3) is 0.0556. The summed E-state index contributed by atoms with van der Waals surface area (Å²) >= 11 is 5.82. The number of benzene rings is 2. The summed E-state index contributed by atoms with van der Waals surface area (Å²) in [5.41, 5.74) is 0.953. The second kappa shape index (κ2) is 7.13. The van der Waals surface area contributed by atoms with Gasteiger partial charge in [-0.1, -0.05) is 41.9 Å². The normalized spacial score (nSPS) is 11.8. The molecule has 0 radical (unpaired) electrons. The summed E-state index contributed by atoms with van der Waals surface area (Å²) in [6.07, 6.45) is 3.42. The molecule has 1 N–H and O–H groups in total. The minimum absolute atomic E-state index is 0.0858. The van der Waals surface area contributed by atoms with Crippen molar-refractivity contribution in [2.45, 2.75) is 9.92 Å². The summed E-state index contributed by atoms with van der Waals surface area (Å²) in [7, 11) is -2.25. The number of anilines is 1. The highest BCUT2D eigenvalue weighted by Gasteiger charge is 2.27. The van der Waals surface area contributed by atoms with Crippen LogP contribution < -0.4 is 5.32 Å². The zero-order valence-electron chi connectivity index (χ0n) is 13.3. The third kappa shape index (κ3) is 3.75. The summed E-state index contributed by atoms with van der Waals surface area (Å²) in [5, 5.41) is 3.03. The molecule has 7 heteroatoms. The van der Waals surface area contributed by atoms with Crippen molar-refractivity contribution in [3.63, 3.8) is 0 Å². The van der Waals surface area contributed by atoms with Gasteiger partial charge in [0, 0.05) is 18.1 Å². The van der Waals surface area contributed by atoms with Gasteiger partial charge in [-0.15, -0.1) is 0 Å². The van der Waals surface area contributed by atoms with Crippen molar-refractivity contribution in [3.8, 4) is 0 Å². The van der Waals surface area contributed by atoms with Gasteiger partial charge in [0.15, 0.2) is 0 Å². The number of rotatable bonds is 5. The molecule has 1 heterocycles. The van der Waals surface area contributed by atoms with Crippen LogP contribution in [0.15, 0.2) is 68.9 Å². The number of sulfone groups is 1. The van der Waals surface area contributed by atoms with Crippen LogP contribution >= 0.6 is 11.6 Å². The molecular formula is C18H15ClN2O3S. The lowest BCUT2D eigenvalue weighted by Gasteiger charge is -2.02. The molecule has 3 aromatic rings. The molecule has 0 aliphatic rings. The lowest BCUT2D eigenvalue weighted by atomic mass is 10.2. The molecule has 3 rings (SSSR count). The first kappa shape index (κ1) is 17.3. The molecule has 1 aromatic heterocycles. The molecule has 0 bridgehead atoms. The van der Waals surface area contributed by atoms with E-state index in [1.165, 1.54) is 24.3 Å². The van der Waals surface area contributed by atoms with E-state index in [1.54, 1.807) is 19.2 Å². The first-order chi connectivity index (χ1) is 12.0. The number of oxazole rings is 1. The van der Waals surface area contributed by atoms with E-state index in [1.807, 2.05) is 30.3 Å². The highest BCUT2D eigenvalue weighted by atomic mass is 35.5. The Labute approximate surface area is 150 Å². The quantitative estimate of drug-likeness (QED) is 0.717. The standard InChI is InChI=1S/C18H15ClN2O3S/c1-20-17-18(25(22,23)15-10-8-14(19)9-11-15)21-16(24-17)12-7-13-5-3-2-4-6-13/h2-12,20H,1H3. The summed E-state index contributed by atoms with van der Waals surface area (Å²) < 4.78 is 31.1. The number of nitrogens with zero attached hydrogens (tertiary/aromatic N) is 1. The van der Waals surface area contributed by atoms with Crippen molar-refractivity contribution < 1.29 is 12.8 Å². The van der Waals surface area contributed by atoms with Crippen LogP contribution in [-0.4, -0.2) is 20.4 Å². The van der Waals surface area contributed by atoms with Crippen molar-refractivity contribution in [2.75, 3.05) is 12.4 Å². The molecule has 0 spiro atoms. The Kier molecular flexibility index (Phi) is 4.92. The van der Waals surface area contributed by atoms with Gasteiger partial charge >= 0.3 is 0 Å². The molecule has 0 saturated heterocycles. The molecule has 0 aliphatic heterocycles. The van der Waals surface area contributed by atoms with Gasteiger partial charge < -0.3 is 9.73 Å². The second-order valence-electron chi connectivity index (χ2n) is 5.14. The van der Waals surface area contributed by atoms with Gasteiger partial charge in [0.05, 0.1) is 4.90 Å². The van der Waals surface area contributed by atoms with Crippen LogP contribution in [0.1, 0.15) is 11.5 Å². The molecule has 2 aromatic carbocycles. The molecule has 0 unspecified atom stereocenters. The fourth-order valence-corrected chi connectivity index (χ4v) is 3.63. The third-order valence-corrected chi connectivity index (χ3v) is 5.37. The maximum absolute atomic E-state index is 12.8. The first-order valence-corrected chi connectivity index (χ1v) is 9.29. The zero-order chi connectivity index (χ0) is 17.9. The Hall–Kier alpha value is -2.57. The monoisotopic (exact) mass is 374 g/mol. The molecule has 0 aliphatic carbocycles. The molecule has 0 atom stereocenters. The Bertz CT molecular complexity index is 995. The Morgan fingerprint density at radius 2 is 1.72 bits per heavy atom. The summed E-state index contributed by atoms with van der Waals surface area (Å²) in [5.74, 6) is 0.281. The van der Waals surface area contributed by atoms with E-state index in [9.17, 15) is 8.42 Å². The van der Waals surface area contributed by atoms with Gasteiger partial charge in [-0.3, -0.25) is 0 Å². The van der Waals surface area contributed by atoms with Gasteiger partial charge in [-0.05, 0) is 35.9 Å². The number of hydrogen-bond donors (Lipinski definition) is 1. The van der Waals surface area contributed by atoms with Crippen molar-refractivity contribution in [3.05, 3.63) is 71.1 Å². The van der Waals surface area contributed by atoms with E-state index in [-0.39, 0.29) is 21.7 Å². The van der Waals surface area contributed by atoms with E-state index in [2.05, 4.69) is 10.3 Å². The molecule has 0 fully saturated rings. The van der Waals surface area contributed by atoms with Crippen LogP contribution in [0.4, 0.5) is 5.88 Å². The molecule has 0 saturated carbocycles. The summed E-state index contributed by atoms with van der Waals surface area (Å²) in [6, 6.07) is 15.5. The average Bonchev–Trinajstić information content (AvgIpc) is 3.05. The van der Waals surface area contributed by atoms with Gasteiger partial charge in [-0.2, -0.15) is 4.98 Å². The van der Waals surface area contributed by atoms with E-state index < -0.39 is 9.84 Å². The minimum atomic E-state index is -3.82. The predicted octanol–water partition coefficient (Wildman–Crippen LogP) is 4.37. The van der Waals surface area contributed by atoms with E-state index in [0.29, 0.717) is 5.02 Å². The fourth-order valence-electron chi connectivity index (χ4n) is 2.19. The van der Waals surface area contributed by atoms with Crippen LogP contribution in [-0.2, 0) is 9.84 Å². The highest BCUT2D eigenvalue weighted by Crippen LogP contribution is 2.29. The number of aromatic nitrogens is 1. The highest BCUT2D eigenvalue weighted by molar-refractivity contribution is 7.91. The number of halogens is 1. The molecule has 25 heavy (non-hydrogen) atoms. The third-order valence-electron chi connectivity index (χ3n) is 3.44. The Morgan fingerprint density at radius 3 is 2.36 bits per heavy atom. The van der Waals surface area contributed by atoms with Gasteiger partial charge in [0.25, 0.3) is 0 Å². The van der Waals surface area contributed by atoms with E-state index >= 15 is 0 Å². The average molecular weight is 375 g/mol. The lowest BCUT2D eigenvalue weighted by Crippen LogP contribution is -2.05. The summed E-state index contributed by atoms with van der Waals surface area (Å²) in [4.78, 5) is 4.23. The number of nitrogens with one attached hydrogen (secondary N) is 1. The maximum Gasteiger partial charge on any atom is 0.233 e. The van der Waals surface area contributed by atoms with Crippen molar-refractivity contribution >= 4 is 39.5 Å². The Morgan fingerprint density at radius 1 is 1.04 bits per heavy atom. The van der Waals surface area contributed by atoms with Crippen molar-refractivity contribution in [1.82, 2.24) is 4.98 Å². The predicted molar refractivity (Wildman–Crippen MR) is 98.3 cm³/mol. The maximum atomic E-state index is 12.8. The zero-order valence-corrected chi connectivity index (χ0v) is 14.9. The smallest absolute Gasteiger partial charge is 0.233 e. The van der Waals surface area contributed by atoms with Crippen molar-refractivity contribution in [2.24, 2.45) is 0 Å². The molecular weight excluding hydrogens is 360 g/mol. The largest absolute Gasteiger partial charge is 0.420 e. The van der Waals surface area contributed by atoms with Gasteiger partial charge in [0.1, 0.15) is 0 Å². The van der Waals surface area contributed by atoms with Crippen LogP contribution in [0.25, 0.3) is 12.2 Å². The number of hydrogen-bond acceptors (Lipinski definition) is 5. The Balaban J connectivity index is 1.98. The lowest BCUT2D eigenvalue weighted by molar-refractivity contribution is 0.558. The SMILES string of the molecule is CNc1oc(C=Cc2ccccc2)nc1S(=O)(=O)c1ccc(Cl)cc1. The van der Waals surface area contributed by atoms with Crippen LogP contribution in [0.5, 0.6) is 0 Å². The second-order valence-corrected chi connectivity index (χ2v) is 7.44. The van der Waals surface area contributed by atoms with Gasteiger partial charge in [-0.25, -0.2) is 8.42 Å². The van der Waals surface area contributed by atoms with Crippen LogP contribution in [0.3, 0.4) is 0 Å². The van der Waals surface area contributed by atoms with Crippen molar-refractivity contribution in [1.29, 1.82) is 0 Å². The topological polar surface area (TPSA) is 72.2 Å². The van der Waals surface area contributed by atoms with E-state index in [4.69, 9.17) is 16.0 Å². The van der Waals surface area contributed by atoms with Crippen LogP contribution in [0, 0.1) is 0 Å². The minimum Gasteiger partial charge on any atom is -0.420 e.